The first-order chi connectivity index (χ1) is 13.1. The van der Waals surface area contributed by atoms with Gasteiger partial charge < -0.3 is 9.64 Å². The number of hydrogen-bond acceptors (Lipinski definition) is 3. The van der Waals surface area contributed by atoms with E-state index in [0.29, 0.717) is 24.9 Å². The van der Waals surface area contributed by atoms with E-state index in [0.717, 1.165) is 30.5 Å². The van der Waals surface area contributed by atoms with E-state index in [9.17, 15) is 14.0 Å². The number of carbonyl (C=O) groups excluding carboxylic acids is 2. The number of anilines is 1. The zero-order valence-electron chi connectivity index (χ0n) is 15.1. The van der Waals surface area contributed by atoms with Crippen molar-refractivity contribution in [2.75, 3.05) is 18.1 Å². The fourth-order valence-corrected chi connectivity index (χ4v) is 4.32. The summed E-state index contributed by atoms with van der Waals surface area (Å²) in [4.78, 5) is 27.2. The van der Waals surface area contributed by atoms with Gasteiger partial charge in [0.25, 0.3) is 5.91 Å². The van der Waals surface area contributed by atoms with Gasteiger partial charge in [0.05, 0.1) is 5.41 Å². The lowest BCUT2D eigenvalue weighted by Crippen LogP contribution is -2.39. The van der Waals surface area contributed by atoms with Crippen LogP contribution in [0.5, 0.6) is 0 Å². The Morgan fingerprint density at radius 3 is 2.63 bits per heavy atom. The van der Waals surface area contributed by atoms with Gasteiger partial charge in [-0.2, -0.15) is 0 Å². The topological polar surface area (TPSA) is 46.6 Å². The van der Waals surface area contributed by atoms with E-state index in [1.807, 2.05) is 24.3 Å². The number of amides is 1. The molecule has 27 heavy (non-hydrogen) atoms. The SMILES string of the molecule is O=C(COC(=O)C1(c2cccc(F)c2)CCCC1)N1CCc2ccccc21. The van der Waals surface area contributed by atoms with Crippen molar-refractivity contribution in [2.24, 2.45) is 0 Å². The highest BCUT2D eigenvalue weighted by Crippen LogP contribution is 2.42. The number of para-hydroxylation sites is 1. The van der Waals surface area contributed by atoms with Crippen LogP contribution in [0.15, 0.2) is 48.5 Å². The van der Waals surface area contributed by atoms with Crippen LogP contribution in [0.25, 0.3) is 0 Å². The average molecular weight is 367 g/mol. The second-order valence-corrected chi connectivity index (χ2v) is 7.30. The van der Waals surface area contributed by atoms with Gasteiger partial charge in [-0.3, -0.25) is 9.59 Å². The number of carbonyl (C=O) groups is 2. The van der Waals surface area contributed by atoms with Crippen molar-refractivity contribution in [3.8, 4) is 0 Å². The van der Waals surface area contributed by atoms with Gasteiger partial charge in [0, 0.05) is 12.2 Å². The molecule has 1 saturated carbocycles. The monoisotopic (exact) mass is 367 g/mol. The number of ether oxygens (including phenoxy) is 1. The van der Waals surface area contributed by atoms with Gasteiger partial charge in [-0.05, 0) is 48.6 Å². The molecule has 0 unspecified atom stereocenters. The first-order valence-electron chi connectivity index (χ1n) is 9.42. The Hall–Kier alpha value is -2.69. The van der Waals surface area contributed by atoms with E-state index < -0.39 is 11.4 Å². The van der Waals surface area contributed by atoms with Gasteiger partial charge in [0.2, 0.25) is 0 Å². The van der Waals surface area contributed by atoms with Gasteiger partial charge in [-0.1, -0.05) is 43.2 Å². The molecule has 0 spiro atoms. The third-order valence-corrected chi connectivity index (χ3v) is 5.74. The summed E-state index contributed by atoms with van der Waals surface area (Å²) >= 11 is 0. The number of nitrogens with zero attached hydrogens (tertiary/aromatic N) is 1. The summed E-state index contributed by atoms with van der Waals surface area (Å²) in [6.45, 7) is 0.314. The highest BCUT2D eigenvalue weighted by Gasteiger charge is 2.44. The van der Waals surface area contributed by atoms with Crippen LogP contribution >= 0.6 is 0 Å². The summed E-state index contributed by atoms with van der Waals surface area (Å²) in [5.74, 6) is -1.01. The molecule has 2 aromatic rings. The van der Waals surface area contributed by atoms with Gasteiger partial charge in [0.15, 0.2) is 6.61 Å². The molecule has 0 N–H and O–H groups in total. The van der Waals surface area contributed by atoms with Crippen molar-refractivity contribution in [1.82, 2.24) is 0 Å². The average Bonchev–Trinajstić information content (AvgIpc) is 3.34. The standard InChI is InChI=1S/C22H22FNO3/c23-18-8-5-7-17(14-18)22(11-3-4-12-22)21(26)27-15-20(25)24-13-10-16-6-1-2-9-19(16)24/h1-2,5-9,14H,3-4,10-13,15H2. The Kier molecular flexibility index (Phi) is 4.68. The first-order valence-corrected chi connectivity index (χ1v) is 9.42. The number of halogens is 1. The largest absolute Gasteiger partial charge is 0.455 e. The van der Waals surface area contributed by atoms with E-state index in [1.165, 1.54) is 12.1 Å². The van der Waals surface area contributed by atoms with E-state index in [2.05, 4.69) is 0 Å². The van der Waals surface area contributed by atoms with E-state index in [-0.39, 0.29) is 18.3 Å². The molecule has 2 aliphatic rings. The summed E-state index contributed by atoms with van der Waals surface area (Å²) in [6, 6.07) is 13.9. The minimum Gasteiger partial charge on any atom is -0.455 e. The number of benzene rings is 2. The minimum absolute atomic E-state index is 0.222. The van der Waals surface area contributed by atoms with Crippen LogP contribution in [0, 0.1) is 5.82 Å². The number of fused-ring (bicyclic) bond motifs is 1. The van der Waals surface area contributed by atoms with E-state index in [4.69, 9.17) is 4.74 Å². The zero-order valence-corrected chi connectivity index (χ0v) is 15.1. The Bertz CT molecular complexity index is 873. The summed E-state index contributed by atoms with van der Waals surface area (Å²) in [5, 5.41) is 0. The van der Waals surface area contributed by atoms with Crippen molar-refractivity contribution >= 4 is 17.6 Å². The van der Waals surface area contributed by atoms with Gasteiger partial charge >= 0.3 is 5.97 Å². The molecule has 1 aliphatic carbocycles. The van der Waals surface area contributed by atoms with Crippen LogP contribution in [0.1, 0.15) is 36.8 Å². The molecule has 1 aliphatic heterocycles. The van der Waals surface area contributed by atoms with Gasteiger partial charge in [0.1, 0.15) is 5.82 Å². The predicted molar refractivity (Wildman–Crippen MR) is 100 cm³/mol. The molecule has 4 nitrogen and oxygen atoms in total. The lowest BCUT2D eigenvalue weighted by molar-refractivity contribution is -0.153. The molecule has 140 valence electrons. The van der Waals surface area contributed by atoms with Crippen molar-refractivity contribution in [3.63, 3.8) is 0 Å². The minimum atomic E-state index is -0.842. The van der Waals surface area contributed by atoms with E-state index in [1.54, 1.807) is 17.0 Å². The second kappa shape index (κ2) is 7.14. The maximum Gasteiger partial charge on any atom is 0.317 e. The molecule has 0 atom stereocenters. The number of esters is 1. The summed E-state index contributed by atoms with van der Waals surface area (Å²) in [7, 11) is 0. The smallest absolute Gasteiger partial charge is 0.317 e. The summed E-state index contributed by atoms with van der Waals surface area (Å²) in [6.07, 6.45) is 3.83. The Balaban J connectivity index is 1.47. The van der Waals surface area contributed by atoms with Crippen LogP contribution in [0.2, 0.25) is 0 Å². The van der Waals surface area contributed by atoms with E-state index >= 15 is 0 Å². The summed E-state index contributed by atoms with van der Waals surface area (Å²) < 4.78 is 19.2. The third-order valence-electron chi connectivity index (χ3n) is 5.74. The van der Waals surface area contributed by atoms with Crippen LogP contribution in [0.4, 0.5) is 10.1 Å². The molecule has 5 heteroatoms. The Morgan fingerprint density at radius 1 is 1.07 bits per heavy atom. The van der Waals surface area contributed by atoms with Crippen molar-refractivity contribution in [2.45, 2.75) is 37.5 Å². The molecule has 0 saturated heterocycles. The molecule has 0 bridgehead atoms. The lowest BCUT2D eigenvalue weighted by atomic mass is 9.79. The van der Waals surface area contributed by atoms with Gasteiger partial charge in [-0.15, -0.1) is 0 Å². The van der Waals surface area contributed by atoms with Crippen LogP contribution < -0.4 is 4.90 Å². The first kappa shape index (κ1) is 17.7. The molecule has 2 aromatic carbocycles. The number of hydrogen-bond donors (Lipinski definition) is 0. The molecule has 4 rings (SSSR count). The molecule has 1 amide bonds. The quantitative estimate of drug-likeness (QED) is 0.773. The Labute approximate surface area is 157 Å². The molecular formula is C22H22FNO3. The van der Waals surface area contributed by atoms with Gasteiger partial charge in [-0.25, -0.2) is 4.39 Å². The predicted octanol–water partition coefficient (Wildman–Crippen LogP) is 3.77. The zero-order chi connectivity index (χ0) is 18.9. The number of rotatable bonds is 4. The highest BCUT2D eigenvalue weighted by atomic mass is 19.1. The molecule has 1 heterocycles. The fraction of sp³-hybridized carbons (Fsp3) is 0.364. The molecular weight excluding hydrogens is 345 g/mol. The van der Waals surface area contributed by atoms with Crippen LogP contribution in [0.3, 0.4) is 0 Å². The summed E-state index contributed by atoms with van der Waals surface area (Å²) in [5.41, 5.74) is 1.82. The maximum atomic E-state index is 13.7. The lowest BCUT2D eigenvalue weighted by Gasteiger charge is -2.27. The highest BCUT2D eigenvalue weighted by molar-refractivity contribution is 5.97. The molecule has 0 radical (unpaired) electrons. The van der Waals surface area contributed by atoms with Crippen molar-refractivity contribution < 1.29 is 18.7 Å². The maximum absolute atomic E-state index is 13.7. The Morgan fingerprint density at radius 2 is 1.85 bits per heavy atom. The second-order valence-electron chi connectivity index (χ2n) is 7.30. The fourth-order valence-electron chi connectivity index (χ4n) is 4.32. The van der Waals surface area contributed by atoms with Crippen molar-refractivity contribution in [1.29, 1.82) is 0 Å². The van der Waals surface area contributed by atoms with Crippen LogP contribution in [-0.4, -0.2) is 25.0 Å². The normalized spacial score (nSPS) is 17.6. The molecule has 0 aromatic heterocycles. The third kappa shape index (κ3) is 3.22. The molecule has 1 fully saturated rings. The van der Waals surface area contributed by atoms with Crippen molar-refractivity contribution in [3.05, 3.63) is 65.5 Å². The van der Waals surface area contributed by atoms with Crippen LogP contribution in [-0.2, 0) is 26.2 Å².